The van der Waals surface area contributed by atoms with E-state index in [9.17, 15) is 0 Å². The van der Waals surface area contributed by atoms with Gasteiger partial charge >= 0.3 is 0 Å². The van der Waals surface area contributed by atoms with Gasteiger partial charge in [-0.1, -0.05) is 133 Å². The van der Waals surface area contributed by atoms with Gasteiger partial charge in [0, 0.05) is 16.9 Å². The van der Waals surface area contributed by atoms with Crippen molar-refractivity contribution in [3.8, 4) is 44.5 Å². The summed E-state index contributed by atoms with van der Waals surface area (Å²) in [5, 5.41) is 3.67. The van der Waals surface area contributed by atoms with Gasteiger partial charge < -0.3 is 5.32 Å². The molecule has 0 saturated carbocycles. The first-order valence-electron chi connectivity index (χ1n) is 12.6. The highest BCUT2D eigenvalue weighted by Crippen LogP contribution is 2.36. The van der Waals surface area contributed by atoms with E-state index < -0.39 is 0 Å². The van der Waals surface area contributed by atoms with E-state index in [4.69, 9.17) is 0 Å². The van der Waals surface area contributed by atoms with E-state index in [2.05, 4.69) is 163 Å². The van der Waals surface area contributed by atoms with Crippen molar-refractivity contribution in [2.45, 2.75) is 0 Å². The summed E-state index contributed by atoms with van der Waals surface area (Å²) in [6.07, 6.45) is 0. The van der Waals surface area contributed by atoms with Crippen LogP contribution in [-0.4, -0.2) is 0 Å². The number of nitrogens with one attached hydrogen (secondary N) is 1. The topological polar surface area (TPSA) is 12.0 Å². The summed E-state index contributed by atoms with van der Waals surface area (Å²) < 4.78 is 0. The van der Waals surface area contributed by atoms with Crippen LogP contribution >= 0.6 is 0 Å². The fraction of sp³-hybridized carbons (Fsp3) is 0. The van der Waals surface area contributed by atoms with Crippen LogP contribution in [0, 0.1) is 0 Å². The lowest BCUT2D eigenvalue weighted by atomic mass is 9.94. The summed E-state index contributed by atoms with van der Waals surface area (Å²) in [6.45, 7) is 0. The normalized spacial score (nSPS) is 10.7. The van der Waals surface area contributed by atoms with E-state index in [-0.39, 0.29) is 0 Å². The maximum Gasteiger partial charge on any atom is 0.0464 e. The molecule has 0 saturated heterocycles. The van der Waals surface area contributed by atoms with Crippen LogP contribution in [0.5, 0.6) is 0 Å². The molecule has 37 heavy (non-hydrogen) atoms. The van der Waals surface area contributed by atoms with Crippen LogP contribution in [0.2, 0.25) is 0 Å². The zero-order valence-electron chi connectivity index (χ0n) is 20.5. The highest BCUT2D eigenvalue weighted by molar-refractivity contribution is 5.87. The molecule has 0 fully saturated rings. The molecule has 0 unspecified atom stereocenters. The Hall–Kier alpha value is -4.88. The van der Waals surface area contributed by atoms with Crippen molar-refractivity contribution in [2.75, 3.05) is 5.32 Å². The molecule has 6 rings (SSSR count). The monoisotopic (exact) mass is 473 g/mol. The minimum atomic E-state index is 1.06. The second-order valence-corrected chi connectivity index (χ2v) is 9.11. The molecule has 0 aliphatic carbocycles. The summed E-state index contributed by atoms with van der Waals surface area (Å²) in [6, 6.07) is 55.6. The first-order valence-corrected chi connectivity index (χ1v) is 12.6. The van der Waals surface area contributed by atoms with Gasteiger partial charge in [-0.15, -0.1) is 0 Å². The standard InChI is InChI=1S/C36H27N/c1-4-12-27(13-5-1)31-22-25-36(35(26-31)29-16-8-3-9-17-29)37-32-23-20-30(21-24-32)34-19-11-10-18-33(34)28-14-6-2-7-15-28/h1-26,37H. The number of hydrogen-bond donors (Lipinski definition) is 1. The van der Waals surface area contributed by atoms with Gasteiger partial charge in [-0.2, -0.15) is 0 Å². The Bertz CT molecular complexity index is 1600. The molecule has 0 aliphatic rings. The first kappa shape index (κ1) is 22.6. The smallest absolute Gasteiger partial charge is 0.0464 e. The van der Waals surface area contributed by atoms with Crippen LogP contribution < -0.4 is 5.32 Å². The Morgan fingerprint density at radius 2 is 0.730 bits per heavy atom. The van der Waals surface area contributed by atoms with Crippen molar-refractivity contribution in [2.24, 2.45) is 0 Å². The molecule has 176 valence electrons. The number of benzene rings is 6. The first-order chi connectivity index (χ1) is 18.3. The molecule has 0 spiro atoms. The van der Waals surface area contributed by atoms with E-state index >= 15 is 0 Å². The van der Waals surface area contributed by atoms with Crippen molar-refractivity contribution >= 4 is 11.4 Å². The van der Waals surface area contributed by atoms with Crippen LogP contribution in [0.4, 0.5) is 11.4 Å². The average molecular weight is 474 g/mol. The van der Waals surface area contributed by atoms with Crippen LogP contribution in [0.3, 0.4) is 0 Å². The highest BCUT2D eigenvalue weighted by atomic mass is 14.9. The molecule has 0 aromatic heterocycles. The maximum absolute atomic E-state index is 3.67. The zero-order valence-corrected chi connectivity index (χ0v) is 20.5. The van der Waals surface area contributed by atoms with E-state index in [0.29, 0.717) is 0 Å². The molecule has 0 bridgehead atoms. The second-order valence-electron chi connectivity index (χ2n) is 9.11. The molecule has 0 amide bonds. The van der Waals surface area contributed by atoms with Crippen LogP contribution in [0.15, 0.2) is 158 Å². The Labute approximate surface area is 218 Å². The van der Waals surface area contributed by atoms with Gasteiger partial charge in [0.1, 0.15) is 0 Å². The Morgan fingerprint density at radius 3 is 1.30 bits per heavy atom. The molecule has 6 aromatic carbocycles. The maximum atomic E-state index is 3.67. The largest absolute Gasteiger partial charge is 0.355 e. The summed E-state index contributed by atoms with van der Waals surface area (Å²) >= 11 is 0. The summed E-state index contributed by atoms with van der Waals surface area (Å²) in [4.78, 5) is 0. The average Bonchev–Trinajstić information content (AvgIpc) is 2.99. The van der Waals surface area contributed by atoms with Crippen LogP contribution in [-0.2, 0) is 0 Å². The van der Waals surface area contributed by atoms with Crippen molar-refractivity contribution in [3.63, 3.8) is 0 Å². The van der Waals surface area contributed by atoms with Gasteiger partial charge in [0.2, 0.25) is 0 Å². The highest BCUT2D eigenvalue weighted by Gasteiger charge is 2.10. The number of rotatable bonds is 6. The molecule has 0 heterocycles. The molecule has 6 aromatic rings. The molecule has 0 radical (unpaired) electrons. The number of hydrogen-bond acceptors (Lipinski definition) is 1. The van der Waals surface area contributed by atoms with Crippen LogP contribution in [0.25, 0.3) is 44.5 Å². The summed E-state index contributed by atoms with van der Waals surface area (Å²) in [7, 11) is 0. The van der Waals surface area contributed by atoms with Gasteiger partial charge in [-0.25, -0.2) is 0 Å². The number of anilines is 2. The van der Waals surface area contributed by atoms with Crippen molar-refractivity contribution in [1.29, 1.82) is 0 Å². The lowest BCUT2D eigenvalue weighted by Crippen LogP contribution is -1.94. The Balaban J connectivity index is 1.33. The van der Waals surface area contributed by atoms with Crippen molar-refractivity contribution in [1.82, 2.24) is 0 Å². The summed E-state index contributed by atoms with van der Waals surface area (Å²) in [5.41, 5.74) is 11.8. The summed E-state index contributed by atoms with van der Waals surface area (Å²) in [5.74, 6) is 0. The Morgan fingerprint density at radius 1 is 0.297 bits per heavy atom. The molecule has 1 nitrogen and oxygen atoms in total. The van der Waals surface area contributed by atoms with Crippen molar-refractivity contribution in [3.05, 3.63) is 158 Å². The quantitative estimate of drug-likeness (QED) is 0.254. The Kier molecular flexibility index (Phi) is 6.34. The van der Waals surface area contributed by atoms with E-state index in [1.165, 1.54) is 44.5 Å². The third-order valence-electron chi connectivity index (χ3n) is 6.70. The van der Waals surface area contributed by atoms with E-state index in [0.717, 1.165) is 11.4 Å². The van der Waals surface area contributed by atoms with Gasteiger partial charge in [0.25, 0.3) is 0 Å². The molecular formula is C36H27N. The van der Waals surface area contributed by atoms with Gasteiger partial charge in [-0.3, -0.25) is 0 Å². The molecule has 1 N–H and O–H groups in total. The second kappa shape index (κ2) is 10.4. The molecule has 1 heteroatoms. The molecule has 0 aliphatic heterocycles. The lowest BCUT2D eigenvalue weighted by Gasteiger charge is -2.16. The van der Waals surface area contributed by atoms with Crippen molar-refractivity contribution < 1.29 is 0 Å². The minimum absolute atomic E-state index is 1.06. The zero-order chi connectivity index (χ0) is 24.9. The SMILES string of the molecule is c1ccc(-c2ccc(Nc3ccc(-c4ccccc4-c4ccccc4)cc3)c(-c3ccccc3)c2)cc1. The third-order valence-corrected chi connectivity index (χ3v) is 6.70. The molecule has 0 atom stereocenters. The predicted octanol–water partition coefficient (Wildman–Crippen LogP) is 10.1. The minimum Gasteiger partial charge on any atom is -0.355 e. The molecular weight excluding hydrogens is 446 g/mol. The fourth-order valence-corrected chi connectivity index (χ4v) is 4.81. The van der Waals surface area contributed by atoms with Gasteiger partial charge in [0.15, 0.2) is 0 Å². The third kappa shape index (κ3) is 4.94. The van der Waals surface area contributed by atoms with E-state index in [1.54, 1.807) is 0 Å². The van der Waals surface area contributed by atoms with Gasteiger partial charge in [0.05, 0.1) is 0 Å². The van der Waals surface area contributed by atoms with Crippen LogP contribution in [0.1, 0.15) is 0 Å². The fourth-order valence-electron chi connectivity index (χ4n) is 4.81. The van der Waals surface area contributed by atoms with Gasteiger partial charge in [-0.05, 0) is 63.2 Å². The lowest BCUT2D eigenvalue weighted by molar-refractivity contribution is 1.52. The van der Waals surface area contributed by atoms with E-state index in [1.807, 2.05) is 0 Å². The predicted molar refractivity (Wildman–Crippen MR) is 158 cm³/mol.